The number of carbonyl (C=O) groups is 1. The average molecular weight is 205 g/mol. The Kier molecular flexibility index (Phi) is 3.97. The Bertz CT molecular complexity index is 180. The fourth-order valence-electron chi connectivity index (χ4n) is 0.939. The van der Waals surface area contributed by atoms with Gasteiger partial charge in [0, 0.05) is 19.3 Å². The molecule has 0 aromatic carbocycles. The number of rotatable bonds is 3. The van der Waals surface area contributed by atoms with E-state index in [9.17, 15) is 4.79 Å². The normalized spacial score (nSPS) is 18.6. The van der Waals surface area contributed by atoms with Gasteiger partial charge in [0.1, 0.15) is 4.32 Å². The van der Waals surface area contributed by atoms with E-state index in [2.05, 4.69) is 0 Å². The van der Waals surface area contributed by atoms with Crippen molar-refractivity contribution in [1.82, 2.24) is 4.90 Å². The minimum absolute atomic E-state index is 0.121. The number of ether oxygens (including phenoxy) is 1. The molecule has 0 aliphatic carbocycles. The lowest BCUT2D eigenvalue weighted by atomic mass is 10.4. The second kappa shape index (κ2) is 4.79. The van der Waals surface area contributed by atoms with Crippen molar-refractivity contribution in [3.05, 3.63) is 0 Å². The molecule has 0 aromatic rings. The first kappa shape index (κ1) is 9.95. The highest BCUT2D eigenvalue weighted by Crippen LogP contribution is 2.18. The van der Waals surface area contributed by atoms with Crippen LogP contribution in [-0.4, -0.2) is 41.1 Å². The molecule has 5 heteroatoms. The third kappa shape index (κ3) is 2.43. The van der Waals surface area contributed by atoms with E-state index in [-0.39, 0.29) is 5.91 Å². The molecule has 1 heterocycles. The van der Waals surface area contributed by atoms with Gasteiger partial charge in [-0.1, -0.05) is 24.0 Å². The van der Waals surface area contributed by atoms with E-state index in [1.807, 2.05) is 0 Å². The van der Waals surface area contributed by atoms with Gasteiger partial charge >= 0.3 is 0 Å². The van der Waals surface area contributed by atoms with Crippen molar-refractivity contribution in [1.29, 1.82) is 0 Å². The maximum atomic E-state index is 11.3. The number of amides is 1. The van der Waals surface area contributed by atoms with E-state index in [0.29, 0.717) is 23.9 Å². The molecule has 0 saturated carbocycles. The second-order valence-electron chi connectivity index (χ2n) is 2.40. The molecule has 0 N–H and O–H groups in total. The van der Waals surface area contributed by atoms with E-state index in [1.165, 1.54) is 0 Å². The van der Waals surface area contributed by atoms with Crippen molar-refractivity contribution >= 4 is 34.2 Å². The maximum Gasteiger partial charge on any atom is 0.228 e. The van der Waals surface area contributed by atoms with Crippen molar-refractivity contribution in [3.8, 4) is 0 Å². The first-order valence-corrected chi connectivity index (χ1v) is 5.11. The van der Waals surface area contributed by atoms with E-state index in [4.69, 9.17) is 17.0 Å². The molecule has 0 atom stereocenters. The highest BCUT2D eigenvalue weighted by atomic mass is 32.2. The Morgan fingerprint density at radius 2 is 2.50 bits per heavy atom. The Morgan fingerprint density at radius 3 is 3.08 bits per heavy atom. The van der Waals surface area contributed by atoms with Gasteiger partial charge in [-0.15, -0.1) is 0 Å². The van der Waals surface area contributed by atoms with Crippen molar-refractivity contribution in [2.75, 3.05) is 26.0 Å². The number of carbonyl (C=O) groups excluding carboxylic acids is 1. The second-order valence-corrected chi connectivity index (χ2v) is 4.13. The van der Waals surface area contributed by atoms with Crippen molar-refractivity contribution in [3.63, 3.8) is 0 Å². The van der Waals surface area contributed by atoms with Gasteiger partial charge in [0.15, 0.2) is 0 Å². The summed E-state index contributed by atoms with van der Waals surface area (Å²) in [5, 5.41) is 0. The van der Waals surface area contributed by atoms with E-state index in [1.54, 1.807) is 23.8 Å². The first-order chi connectivity index (χ1) is 5.75. The summed E-state index contributed by atoms with van der Waals surface area (Å²) >= 11 is 6.59. The molecule has 12 heavy (non-hydrogen) atoms. The molecule has 68 valence electrons. The molecular formula is C7H11NO2S2. The Labute approximate surface area is 81.4 Å². The lowest BCUT2D eigenvalue weighted by Crippen LogP contribution is -2.39. The van der Waals surface area contributed by atoms with Gasteiger partial charge in [-0.05, 0) is 0 Å². The molecule has 0 radical (unpaired) electrons. The first-order valence-electron chi connectivity index (χ1n) is 3.71. The van der Waals surface area contributed by atoms with Crippen LogP contribution in [0.25, 0.3) is 0 Å². The van der Waals surface area contributed by atoms with Gasteiger partial charge in [-0.2, -0.15) is 0 Å². The quantitative estimate of drug-likeness (QED) is 0.640. The predicted molar refractivity (Wildman–Crippen MR) is 53.3 cm³/mol. The Hall–Kier alpha value is -0.130. The molecule has 0 aromatic heterocycles. The van der Waals surface area contributed by atoms with Crippen LogP contribution >= 0.6 is 24.0 Å². The molecular weight excluding hydrogens is 194 g/mol. The number of methoxy groups -OCH3 is 1. The molecule has 1 rings (SSSR count). The van der Waals surface area contributed by atoms with Gasteiger partial charge < -0.3 is 4.74 Å². The summed E-state index contributed by atoms with van der Waals surface area (Å²) in [4.78, 5) is 12.9. The van der Waals surface area contributed by atoms with Crippen LogP contribution in [-0.2, 0) is 9.53 Å². The summed E-state index contributed by atoms with van der Waals surface area (Å²) in [6.07, 6.45) is 0.592. The van der Waals surface area contributed by atoms with Crippen molar-refractivity contribution in [2.24, 2.45) is 0 Å². The third-order valence-electron chi connectivity index (χ3n) is 1.58. The summed E-state index contributed by atoms with van der Waals surface area (Å²) in [6.45, 7) is 1.13. The fourth-order valence-corrected chi connectivity index (χ4v) is 2.18. The lowest BCUT2D eigenvalue weighted by Gasteiger charge is -2.26. The van der Waals surface area contributed by atoms with Crippen LogP contribution in [0.4, 0.5) is 0 Å². The minimum atomic E-state index is 0.121. The topological polar surface area (TPSA) is 29.5 Å². The summed E-state index contributed by atoms with van der Waals surface area (Å²) in [5.74, 6) is 0.942. The number of hydrogen-bond donors (Lipinski definition) is 0. The SMILES string of the molecule is COCCN1C(=O)CCSC1=S. The van der Waals surface area contributed by atoms with Gasteiger partial charge in [0.2, 0.25) is 5.91 Å². The van der Waals surface area contributed by atoms with E-state index in [0.717, 1.165) is 5.75 Å². The highest BCUT2D eigenvalue weighted by Gasteiger charge is 2.22. The molecule has 1 fully saturated rings. The molecule has 0 spiro atoms. The van der Waals surface area contributed by atoms with Crippen LogP contribution in [0.2, 0.25) is 0 Å². The predicted octanol–water partition coefficient (Wildman–Crippen LogP) is 0.883. The third-order valence-corrected chi connectivity index (χ3v) is 3.03. The fraction of sp³-hybridized carbons (Fsp3) is 0.714. The van der Waals surface area contributed by atoms with E-state index < -0.39 is 0 Å². The van der Waals surface area contributed by atoms with Crippen molar-refractivity contribution in [2.45, 2.75) is 6.42 Å². The minimum Gasteiger partial charge on any atom is -0.383 e. The lowest BCUT2D eigenvalue weighted by molar-refractivity contribution is -0.127. The van der Waals surface area contributed by atoms with Gasteiger partial charge in [-0.25, -0.2) is 0 Å². The van der Waals surface area contributed by atoms with Crippen LogP contribution in [0.3, 0.4) is 0 Å². The van der Waals surface area contributed by atoms with Crippen LogP contribution in [0.5, 0.6) is 0 Å². The molecule has 1 aliphatic heterocycles. The molecule has 0 unspecified atom stereocenters. The van der Waals surface area contributed by atoms with Crippen LogP contribution in [0.1, 0.15) is 6.42 Å². The molecule has 1 saturated heterocycles. The Morgan fingerprint density at radius 1 is 1.75 bits per heavy atom. The number of thioether (sulfide) groups is 1. The summed E-state index contributed by atoms with van der Waals surface area (Å²) in [6, 6.07) is 0. The van der Waals surface area contributed by atoms with Crippen molar-refractivity contribution < 1.29 is 9.53 Å². The molecule has 0 bridgehead atoms. The van der Waals surface area contributed by atoms with Gasteiger partial charge in [0.25, 0.3) is 0 Å². The van der Waals surface area contributed by atoms with Gasteiger partial charge in [0.05, 0.1) is 13.2 Å². The summed E-state index contributed by atoms with van der Waals surface area (Å²) in [7, 11) is 1.62. The van der Waals surface area contributed by atoms with E-state index >= 15 is 0 Å². The zero-order valence-corrected chi connectivity index (χ0v) is 8.54. The summed E-state index contributed by atoms with van der Waals surface area (Å²) in [5.41, 5.74) is 0. The molecule has 3 nitrogen and oxygen atoms in total. The summed E-state index contributed by atoms with van der Waals surface area (Å²) < 4.78 is 5.56. The zero-order valence-electron chi connectivity index (χ0n) is 6.91. The number of hydrogen-bond acceptors (Lipinski definition) is 4. The van der Waals surface area contributed by atoms with Crippen LogP contribution in [0, 0.1) is 0 Å². The Balaban J connectivity index is 2.45. The van der Waals surface area contributed by atoms with Crippen LogP contribution in [0.15, 0.2) is 0 Å². The zero-order chi connectivity index (χ0) is 8.97. The monoisotopic (exact) mass is 205 g/mol. The molecule has 1 amide bonds. The number of thiocarbonyl (C=S) groups is 1. The largest absolute Gasteiger partial charge is 0.383 e. The number of nitrogens with zero attached hydrogens (tertiary/aromatic N) is 1. The molecule has 1 aliphatic rings. The standard InChI is InChI=1S/C7H11NO2S2/c1-10-4-3-8-6(9)2-5-12-7(8)11/h2-5H2,1H3. The maximum absolute atomic E-state index is 11.3. The van der Waals surface area contributed by atoms with Gasteiger partial charge in [-0.3, -0.25) is 9.69 Å². The average Bonchev–Trinajstić information content (AvgIpc) is 2.04. The van der Waals surface area contributed by atoms with Crippen LogP contribution < -0.4 is 0 Å². The smallest absolute Gasteiger partial charge is 0.228 e. The highest BCUT2D eigenvalue weighted by molar-refractivity contribution is 8.23.